The number of hydrogen-bond donors (Lipinski definition) is 0. The maximum absolute atomic E-state index is 10.5. The van der Waals surface area contributed by atoms with Gasteiger partial charge < -0.3 is 14.2 Å². The van der Waals surface area contributed by atoms with Crippen LogP contribution in [0.5, 0.6) is 5.75 Å². The molecule has 0 spiro atoms. The Hall–Kier alpha value is -1.97. The van der Waals surface area contributed by atoms with Gasteiger partial charge in [0.25, 0.3) is 0 Å². The molecular formula is C13H14O4. The van der Waals surface area contributed by atoms with Gasteiger partial charge in [0.2, 0.25) is 5.79 Å². The topological polar surface area (TPSA) is 44.8 Å². The lowest BCUT2D eigenvalue weighted by Crippen LogP contribution is -2.21. The maximum atomic E-state index is 10.5. The van der Waals surface area contributed by atoms with Crippen molar-refractivity contribution in [1.82, 2.24) is 0 Å². The lowest BCUT2D eigenvalue weighted by atomic mass is 10.2. The van der Waals surface area contributed by atoms with Gasteiger partial charge in [-0.15, -0.1) is 0 Å². The highest BCUT2D eigenvalue weighted by Crippen LogP contribution is 2.24. The smallest absolute Gasteiger partial charge is 0.244 e. The fourth-order valence-corrected chi connectivity index (χ4v) is 1.43. The SMILES string of the molecule is CC1(C)OC=C(COc2ccc(C=O)cc2)O1. The molecule has 1 aliphatic heterocycles. The summed E-state index contributed by atoms with van der Waals surface area (Å²) in [5, 5.41) is 0. The Morgan fingerprint density at radius 1 is 1.29 bits per heavy atom. The lowest BCUT2D eigenvalue weighted by Gasteiger charge is -2.18. The predicted molar refractivity (Wildman–Crippen MR) is 61.7 cm³/mol. The normalized spacial score (nSPS) is 16.7. The summed E-state index contributed by atoms with van der Waals surface area (Å²) in [6.07, 6.45) is 2.35. The van der Waals surface area contributed by atoms with E-state index in [1.54, 1.807) is 30.5 Å². The van der Waals surface area contributed by atoms with E-state index in [4.69, 9.17) is 14.2 Å². The molecule has 1 aliphatic rings. The molecule has 0 bridgehead atoms. The second-order valence-electron chi connectivity index (χ2n) is 4.18. The Balaban J connectivity index is 1.88. The highest BCUT2D eigenvalue weighted by Gasteiger charge is 2.27. The molecule has 0 fully saturated rings. The van der Waals surface area contributed by atoms with E-state index in [-0.39, 0.29) is 0 Å². The molecule has 0 radical (unpaired) electrons. The van der Waals surface area contributed by atoms with Gasteiger partial charge in [-0.05, 0) is 24.3 Å². The monoisotopic (exact) mass is 234 g/mol. The first-order chi connectivity index (χ1) is 8.09. The highest BCUT2D eigenvalue weighted by atomic mass is 16.7. The van der Waals surface area contributed by atoms with Crippen LogP contribution < -0.4 is 4.74 Å². The number of carbonyl (C=O) groups is 1. The van der Waals surface area contributed by atoms with E-state index in [0.717, 1.165) is 6.29 Å². The third-order valence-electron chi connectivity index (χ3n) is 2.25. The second kappa shape index (κ2) is 4.49. The molecular weight excluding hydrogens is 220 g/mol. The van der Waals surface area contributed by atoms with Gasteiger partial charge in [-0.1, -0.05) is 0 Å². The van der Waals surface area contributed by atoms with Crippen molar-refractivity contribution in [2.24, 2.45) is 0 Å². The summed E-state index contributed by atoms with van der Waals surface area (Å²) in [7, 11) is 0. The molecule has 0 aliphatic carbocycles. The van der Waals surface area contributed by atoms with Crippen LogP contribution in [0.25, 0.3) is 0 Å². The summed E-state index contributed by atoms with van der Waals surface area (Å²) in [5.74, 6) is 0.722. The highest BCUT2D eigenvalue weighted by molar-refractivity contribution is 5.74. The summed E-state index contributed by atoms with van der Waals surface area (Å²) in [5.41, 5.74) is 0.623. The van der Waals surface area contributed by atoms with E-state index < -0.39 is 5.79 Å². The van der Waals surface area contributed by atoms with Crippen LogP contribution in [0.1, 0.15) is 24.2 Å². The molecule has 2 rings (SSSR count). The first-order valence-electron chi connectivity index (χ1n) is 5.33. The summed E-state index contributed by atoms with van der Waals surface area (Å²) < 4.78 is 16.2. The van der Waals surface area contributed by atoms with Gasteiger partial charge in [-0.25, -0.2) is 0 Å². The van der Waals surface area contributed by atoms with E-state index in [2.05, 4.69) is 0 Å². The number of benzene rings is 1. The molecule has 4 nitrogen and oxygen atoms in total. The average molecular weight is 234 g/mol. The van der Waals surface area contributed by atoms with Crippen molar-refractivity contribution in [1.29, 1.82) is 0 Å². The molecule has 1 aromatic rings. The van der Waals surface area contributed by atoms with Crippen LogP contribution in [0, 0.1) is 0 Å². The first-order valence-corrected chi connectivity index (χ1v) is 5.33. The first kappa shape index (κ1) is 11.5. The van der Waals surface area contributed by atoms with Gasteiger partial charge in [0, 0.05) is 19.4 Å². The Labute approximate surface area is 99.8 Å². The largest absolute Gasteiger partial charge is 0.486 e. The minimum Gasteiger partial charge on any atom is -0.486 e. The van der Waals surface area contributed by atoms with Crippen molar-refractivity contribution in [3.63, 3.8) is 0 Å². The minimum atomic E-state index is -0.611. The molecule has 0 N–H and O–H groups in total. The molecule has 0 saturated heterocycles. The van der Waals surface area contributed by atoms with Crippen LogP contribution >= 0.6 is 0 Å². The zero-order valence-corrected chi connectivity index (χ0v) is 9.80. The van der Waals surface area contributed by atoms with Crippen LogP contribution in [0.2, 0.25) is 0 Å². The lowest BCUT2D eigenvalue weighted by molar-refractivity contribution is -0.119. The zero-order chi connectivity index (χ0) is 12.3. The van der Waals surface area contributed by atoms with Crippen LogP contribution in [-0.4, -0.2) is 18.7 Å². The number of aldehydes is 1. The van der Waals surface area contributed by atoms with Gasteiger partial charge in [0.15, 0.2) is 5.76 Å². The van der Waals surface area contributed by atoms with Crippen LogP contribution in [0.15, 0.2) is 36.3 Å². The molecule has 1 aromatic carbocycles. The molecule has 0 unspecified atom stereocenters. The number of carbonyl (C=O) groups excluding carboxylic acids is 1. The van der Waals surface area contributed by atoms with E-state index in [0.29, 0.717) is 23.7 Å². The zero-order valence-electron chi connectivity index (χ0n) is 9.80. The Morgan fingerprint density at radius 3 is 2.53 bits per heavy atom. The fraction of sp³-hybridized carbons (Fsp3) is 0.308. The Kier molecular flexibility index (Phi) is 3.04. The van der Waals surface area contributed by atoms with E-state index >= 15 is 0 Å². The summed E-state index contributed by atoms with van der Waals surface area (Å²) >= 11 is 0. The molecule has 1 heterocycles. The van der Waals surface area contributed by atoms with Crippen molar-refractivity contribution in [2.45, 2.75) is 19.6 Å². The van der Waals surface area contributed by atoms with E-state index in [1.165, 1.54) is 0 Å². The fourth-order valence-electron chi connectivity index (χ4n) is 1.43. The number of hydrogen-bond acceptors (Lipinski definition) is 4. The molecule has 0 amide bonds. The van der Waals surface area contributed by atoms with Crippen LogP contribution in [-0.2, 0) is 9.47 Å². The van der Waals surface area contributed by atoms with Crippen LogP contribution in [0.4, 0.5) is 0 Å². The van der Waals surface area contributed by atoms with Crippen molar-refractivity contribution in [3.8, 4) is 5.75 Å². The number of ether oxygens (including phenoxy) is 3. The quantitative estimate of drug-likeness (QED) is 0.751. The maximum Gasteiger partial charge on any atom is 0.244 e. The summed E-state index contributed by atoms with van der Waals surface area (Å²) in [4.78, 5) is 10.5. The molecule has 0 aromatic heterocycles. The van der Waals surface area contributed by atoms with E-state index in [1.807, 2.05) is 13.8 Å². The average Bonchev–Trinajstić information content (AvgIpc) is 2.67. The number of rotatable bonds is 4. The van der Waals surface area contributed by atoms with Crippen molar-refractivity contribution < 1.29 is 19.0 Å². The van der Waals surface area contributed by atoms with Gasteiger partial charge in [-0.3, -0.25) is 4.79 Å². The molecule has 90 valence electrons. The van der Waals surface area contributed by atoms with Gasteiger partial charge in [0.1, 0.15) is 24.9 Å². The van der Waals surface area contributed by atoms with E-state index in [9.17, 15) is 4.79 Å². The van der Waals surface area contributed by atoms with Crippen molar-refractivity contribution in [2.75, 3.05) is 6.61 Å². The van der Waals surface area contributed by atoms with Crippen molar-refractivity contribution >= 4 is 6.29 Å². The van der Waals surface area contributed by atoms with Crippen molar-refractivity contribution in [3.05, 3.63) is 41.9 Å². The molecule has 0 saturated carbocycles. The predicted octanol–water partition coefficient (Wildman–Crippen LogP) is 2.50. The van der Waals surface area contributed by atoms with Gasteiger partial charge in [0.05, 0.1) is 0 Å². The van der Waals surface area contributed by atoms with Gasteiger partial charge in [-0.2, -0.15) is 0 Å². The third-order valence-corrected chi connectivity index (χ3v) is 2.25. The summed E-state index contributed by atoms with van der Waals surface area (Å²) in [6, 6.07) is 6.88. The summed E-state index contributed by atoms with van der Waals surface area (Å²) in [6.45, 7) is 3.97. The third kappa shape index (κ3) is 3.00. The Morgan fingerprint density at radius 2 is 2.00 bits per heavy atom. The molecule has 17 heavy (non-hydrogen) atoms. The molecule has 0 atom stereocenters. The van der Waals surface area contributed by atoms with Crippen LogP contribution in [0.3, 0.4) is 0 Å². The van der Waals surface area contributed by atoms with Gasteiger partial charge >= 0.3 is 0 Å². The minimum absolute atomic E-state index is 0.309. The standard InChI is InChI=1S/C13H14O4/c1-13(2)16-9-12(17-13)8-15-11-5-3-10(7-14)4-6-11/h3-7,9H,8H2,1-2H3. The Bertz CT molecular complexity index is 431. The molecule has 4 heteroatoms. The second-order valence-corrected chi connectivity index (χ2v) is 4.18.